The Morgan fingerprint density at radius 3 is 2.50 bits per heavy atom. The van der Waals surface area contributed by atoms with Crippen molar-refractivity contribution in [3.8, 4) is 0 Å². The molecule has 0 aliphatic carbocycles. The van der Waals surface area contributed by atoms with Gasteiger partial charge in [0.15, 0.2) is 0 Å². The topological polar surface area (TPSA) is 67.4 Å². The zero-order chi connectivity index (χ0) is 11.0. The zero-order valence-electron chi connectivity index (χ0n) is 8.92. The van der Waals surface area contributed by atoms with Gasteiger partial charge >= 0.3 is 5.97 Å². The lowest BCUT2D eigenvalue weighted by Gasteiger charge is -2.11. The predicted molar refractivity (Wildman–Crippen MR) is 52.8 cm³/mol. The van der Waals surface area contributed by atoms with Crippen LogP contribution in [0.15, 0.2) is 0 Å². The van der Waals surface area contributed by atoms with Crippen molar-refractivity contribution >= 4 is 11.9 Å². The summed E-state index contributed by atoms with van der Waals surface area (Å²) in [5, 5.41) is 5.45. The van der Waals surface area contributed by atoms with Crippen LogP contribution < -0.4 is 10.6 Å². The van der Waals surface area contributed by atoms with Crippen LogP contribution in [0.2, 0.25) is 0 Å². The number of amides is 1. The summed E-state index contributed by atoms with van der Waals surface area (Å²) in [6.45, 7) is 4.12. The van der Waals surface area contributed by atoms with E-state index in [9.17, 15) is 9.59 Å². The van der Waals surface area contributed by atoms with Gasteiger partial charge in [-0.3, -0.25) is 14.9 Å². The highest BCUT2D eigenvalue weighted by molar-refractivity contribution is 5.79. The summed E-state index contributed by atoms with van der Waals surface area (Å²) >= 11 is 0. The zero-order valence-corrected chi connectivity index (χ0v) is 8.92. The van der Waals surface area contributed by atoms with Gasteiger partial charge in [-0.1, -0.05) is 6.92 Å². The Bertz CT molecular complexity index is 194. The summed E-state index contributed by atoms with van der Waals surface area (Å²) in [4.78, 5) is 21.8. The van der Waals surface area contributed by atoms with E-state index >= 15 is 0 Å². The predicted octanol–water partition coefficient (Wildman–Crippen LogP) is -0.336. The standard InChI is InChI=1S/C9H18N2O3/c1-4-7(2)11-8(12)5-10-6-9(13)14-3/h7,10H,4-6H2,1-3H3,(H,11,12). The van der Waals surface area contributed by atoms with Crippen LogP contribution in [-0.2, 0) is 14.3 Å². The summed E-state index contributed by atoms with van der Waals surface area (Å²) in [6, 6.07) is 0.169. The average molecular weight is 202 g/mol. The van der Waals surface area contributed by atoms with E-state index in [-0.39, 0.29) is 31.0 Å². The molecule has 2 N–H and O–H groups in total. The van der Waals surface area contributed by atoms with Gasteiger partial charge in [0.05, 0.1) is 20.2 Å². The van der Waals surface area contributed by atoms with Gasteiger partial charge in [-0.15, -0.1) is 0 Å². The van der Waals surface area contributed by atoms with Crippen LogP contribution in [0.25, 0.3) is 0 Å². The van der Waals surface area contributed by atoms with E-state index in [0.717, 1.165) is 6.42 Å². The SMILES string of the molecule is CCC(C)NC(=O)CNCC(=O)OC. The molecule has 1 atom stereocenters. The van der Waals surface area contributed by atoms with Crippen molar-refractivity contribution in [3.63, 3.8) is 0 Å². The number of carbonyl (C=O) groups excluding carboxylic acids is 2. The van der Waals surface area contributed by atoms with Gasteiger partial charge in [-0.25, -0.2) is 0 Å². The molecule has 0 spiro atoms. The van der Waals surface area contributed by atoms with E-state index in [4.69, 9.17) is 0 Å². The lowest BCUT2D eigenvalue weighted by Crippen LogP contribution is -2.40. The summed E-state index contributed by atoms with van der Waals surface area (Å²) < 4.78 is 4.40. The first-order valence-electron chi connectivity index (χ1n) is 4.67. The van der Waals surface area contributed by atoms with Crippen molar-refractivity contribution in [2.75, 3.05) is 20.2 Å². The molecule has 0 bridgehead atoms. The van der Waals surface area contributed by atoms with E-state index in [1.54, 1.807) is 0 Å². The van der Waals surface area contributed by atoms with E-state index < -0.39 is 0 Å². The van der Waals surface area contributed by atoms with Crippen LogP contribution in [0, 0.1) is 0 Å². The van der Waals surface area contributed by atoms with Gasteiger partial charge in [0.25, 0.3) is 0 Å². The molecule has 5 nitrogen and oxygen atoms in total. The molecule has 0 aliphatic rings. The molecule has 0 saturated heterocycles. The molecular weight excluding hydrogens is 184 g/mol. The highest BCUT2D eigenvalue weighted by atomic mass is 16.5. The number of hydrogen-bond acceptors (Lipinski definition) is 4. The summed E-state index contributed by atoms with van der Waals surface area (Å²) in [5.41, 5.74) is 0. The first-order valence-corrected chi connectivity index (χ1v) is 4.67. The van der Waals surface area contributed by atoms with Gasteiger partial charge in [0, 0.05) is 6.04 Å². The van der Waals surface area contributed by atoms with E-state index in [1.165, 1.54) is 7.11 Å². The van der Waals surface area contributed by atoms with Gasteiger partial charge in [-0.05, 0) is 13.3 Å². The number of rotatable bonds is 6. The van der Waals surface area contributed by atoms with Crippen molar-refractivity contribution < 1.29 is 14.3 Å². The molecule has 0 saturated carbocycles. The molecule has 0 aromatic carbocycles. The smallest absolute Gasteiger partial charge is 0.319 e. The maximum Gasteiger partial charge on any atom is 0.319 e. The number of esters is 1. The normalized spacial score (nSPS) is 11.9. The van der Waals surface area contributed by atoms with Crippen LogP contribution in [0.3, 0.4) is 0 Å². The second-order valence-electron chi connectivity index (χ2n) is 3.06. The van der Waals surface area contributed by atoms with Gasteiger partial charge in [0.1, 0.15) is 0 Å². The largest absolute Gasteiger partial charge is 0.468 e. The molecule has 0 rings (SSSR count). The maximum absolute atomic E-state index is 11.2. The van der Waals surface area contributed by atoms with Crippen LogP contribution in [-0.4, -0.2) is 38.1 Å². The highest BCUT2D eigenvalue weighted by Crippen LogP contribution is 1.86. The molecule has 0 aliphatic heterocycles. The fourth-order valence-corrected chi connectivity index (χ4v) is 0.778. The first kappa shape index (κ1) is 12.9. The molecule has 0 fully saturated rings. The van der Waals surface area contributed by atoms with E-state index in [2.05, 4.69) is 15.4 Å². The molecule has 0 aromatic rings. The summed E-state index contributed by atoms with van der Waals surface area (Å²) in [5.74, 6) is -0.482. The molecule has 0 heterocycles. The quantitative estimate of drug-likeness (QED) is 0.578. The molecular formula is C9H18N2O3. The Morgan fingerprint density at radius 1 is 1.36 bits per heavy atom. The number of ether oxygens (including phenoxy) is 1. The lowest BCUT2D eigenvalue weighted by atomic mass is 10.2. The van der Waals surface area contributed by atoms with Crippen molar-refractivity contribution in [2.45, 2.75) is 26.3 Å². The van der Waals surface area contributed by atoms with Crippen LogP contribution >= 0.6 is 0 Å². The van der Waals surface area contributed by atoms with E-state index in [0.29, 0.717) is 0 Å². The minimum atomic E-state index is -0.374. The highest BCUT2D eigenvalue weighted by Gasteiger charge is 2.05. The van der Waals surface area contributed by atoms with Gasteiger partial charge in [-0.2, -0.15) is 0 Å². The molecule has 14 heavy (non-hydrogen) atoms. The molecule has 1 unspecified atom stereocenters. The first-order chi connectivity index (χ1) is 6.60. The van der Waals surface area contributed by atoms with Crippen LogP contribution in [0.1, 0.15) is 20.3 Å². The lowest BCUT2D eigenvalue weighted by molar-refractivity contribution is -0.139. The molecule has 0 radical (unpaired) electrons. The average Bonchev–Trinajstić information content (AvgIpc) is 2.17. The third-order valence-electron chi connectivity index (χ3n) is 1.80. The van der Waals surface area contributed by atoms with Gasteiger partial charge in [0.2, 0.25) is 5.91 Å². The third kappa shape index (κ3) is 6.42. The minimum Gasteiger partial charge on any atom is -0.468 e. The second kappa shape index (κ2) is 7.32. The number of hydrogen-bond donors (Lipinski definition) is 2. The van der Waals surface area contributed by atoms with Crippen molar-refractivity contribution in [2.24, 2.45) is 0 Å². The monoisotopic (exact) mass is 202 g/mol. The molecule has 0 aromatic heterocycles. The van der Waals surface area contributed by atoms with Crippen LogP contribution in [0.5, 0.6) is 0 Å². The van der Waals surface area contributed by atoms with Crippen molar-refractivity contribution in [1.29, 1.82) is 0 Å². The Balaban J connectivity index is 3.49. The number of methoxy groups -OCH3 is 1. The Hall–Kier alpha value is -1.10. The summed E-state index contributed by atoms with van der Waals surface area (Å²) in [6.07, 6.45) is 0.892. The Labute approximate surface area is 84.2 Å². The minimum absolute atomic E-state index is 0.0599. The van der Waals surface area contributed by atoms with Crippen molar-refractivity contribution in [3.05, 3.63) is 0 Å². The number of carbonyl (C=O) groups is 2. The Kier molecular flexibility index (Phi) is 6.74. The third-order valence-corrected chi connectivity index (χ3v) is 1.80. The summed E-state index contributed by atoms with van der Waals surface area (Å²) in [7, 11) is 1.31. The molecule has 5 heteroatoms. The van der Waals surface area contributed by atoms with Crippen LogP contribution in [0.4, 0.5) is 0 Å². The molecule has 82 valence electrons. The number of nitrogens with one attached hydrogen (secondary N) is 2. The molecule has 1 amide bonds. The second-order valence-corrected chi connectivity index (χ2v) is 3.06. The van der Waals surface area contributed by atoms with Gasteiger partial charge < -0.3 is 10.1 Å². The fraction of sp³-hybridized carbons (Fsp3) is 0.778. The maximum atomic E-state index is 11.2. The van der Waals surface area contributed by atoms with E-state index in [1.807, 2.05) is 13.8 Å². The van der Waals surface area contributed by atoms with Crippen molar-refractivity contribution in [1.82, 2.24) is 10.6 Å². The Morgan fingerprint density at radius 2 is 2.00 bits per heavy atom. The fourth-order valence-electron chi connectivity index (χ4n) is 0.778.